The Morgan fingerprint density at radius 2 is 2.36 bits per heavy atom. The van der Waals surface area contributed by atoms with Crippen molar-refractivity contribution in [3.05, 3.63) is 11.7 Å². The topological polar surface area (TPSA) is 51.0 Å². The number of rotatable bonds is 2. The first-order valence-electron chi connectivity index (χ1n) is 4.87. The molecule has 1 fully saturated rings. The van der Waals surface area contributed by atoms with Crippen molar-refractivity contribution < 1.29 is 8.91 Å². The zero-order chi connectivity index (χ0) is 10.1. The number of halogens is 1. The van der Waals surface area contributed by atoms with Crippen LogP contribution in [0.4, 0.5) is 4.39 Å². The van der Waals surface area contributed by atoms with Gasteiger partial charge in [0.05, 0.1) is 6.04 Å². The molecule has 0 saturated carbocycles. The van der Waals surface area contributed by atoms with Crippen LogP contribution < -0.4 is 5.32 Å². The van der Waals surface area contributed by atoms with E-state index in [1.165, 1.54) is 0 Å². The minimum atomic E-state index is -0.797. The van der Waals surface area contributed by atoms with Gasteiger partial charge in [0.15, 0.2) is 5.82 Å². The predicted molar refractivity (Wildman–Crippen MR) is 48.6 cm³/mol. The molecule has 1 N–H and O–H groups in total. The minimum Gasteiger partial charge on any atom is -0.338 e. The van der Waals surface area contributed by atoms with E-state index in [1.807, 2.05) is 13.8 Å². The Hall–Kier alpha value is -0.970. The summed E-state index contributed by atoms with van der Waals surface area (Å²) in [5.74, 6) is 1.44. The summed E-state index contributed by atoms with van der Waals surface area (Å²) in [7, 11) is 0. The van der Waals surface area contributed by atoms with Crippen LogP contribution in [0.1, 0.15) is 43.9 Å². The number of nitrogens with zero attached hydrogens (tertiary/aromatic N) is 2. The van der Waals surface area contributed by atoms with E-state index >= 15 is 0 Å². The van der Waals surface area contributed by atoms with Crippen molar-refractivity contribution in [1.29, 1.82) is 0 Å². The molecule has 78 valence electrons. The fraction of sp³-hybridized carbons (Fsp3) is 0.778. The predicted octanol–water partition coefficient (Wildman–Crippen LogP) is 1.57. The Balaban J connectivity index is 2.09. The average molecular weight is 199 g/mol. The first-order chi connectivity index (χ1) is 6.66. The highest BCUT2D eigenvalue weighted by Gasteiger charge is 2.29. The lowest BCUT2D eigenvalue weighted by Crippen LogP contribution is -2.14. The van der Waals surface area contributed by atoms with Crippen LogP contribution in [0.5, 0.6) is 0 Å². The molecule has 5 heteroatoms. The molecule has 2 atom stereocenters. The van der Waals surface area contributed by atoms with Crippen LogP contribution in [0, 0.1) is 0 Å². The normalized spacial score (nSPS) is 27.4. The smallest absolute Gasteiger partial charge is 0.243 e. The summed E-state index contributed by atoms with van der Waals surface area (Å²) >= 11 is 0. The molecule has 0 spiro atoms. The third-order valence-electron chi connectivity index (χ3n) is 2.35. The molecule has 1 aliphatic rings. The lowest BCUT2D eigenvalue weighted by Gasteiger charge is -2.01. The number of hydrogen-bond acceptors (Lipinski definition) is 4. The van der Waals surface area contributed by atoms with Gasteiger partial charge in [-0.3, -0.25) is 0 Å². The number of aromatic nitrogens is 2. The maximum Gasteiger partial charge on any atom is 0.243 e. The molecule has 2 heterocycles. The van der Waals surface area contributed by atoms with E-state index in [0.29, 0.717) is 24.7 Å². The van der Waals surface area contributed by atoms with Crippen molar-refractivity contribution in [2.24, 2.45) is 0 Å². The largest absolute Gasteiger partial charge is 0.338 e. The number of alkyl halides is 1. The zero-order valence-corrected chi connectivity index (χ0v) is 8.33. The van der Waals surface area contributed by atoms with Crippen LogP contribution in [0.25, 0.3) is 0 Å². The van der Waals surface area contributed by atoms with Crippen LogP contribution in [0.2, 0.25) is 0 Å². The fourth-order valence-electron chi connectivity index (χ4n) is 1.50. The van der Waals surface area contributed by atoms with E-state index < -0.39 is 6.17 Å². The van der Waals surface area contributed by atoms with Gasteiger partial charge in [0.25, 0.3) is 0 Å². The summed E-state index contributed by atoms with van der Waals surface area (Å²) in [5, 5.41) is 6.84. The molecule has 0 aliphatic carbocycles. The van der Waals surface area contributed by atoms with Crippen LogP contribution in [-0.4, -0.2) is 22.9 Å². The highest BCUT2D eigenvalue weighted by molar-refractivity contribution is 4.99. The first kappa shape index (κ1) is 9.58. The maximum atomic E-state index is 12.9. The SMILES string of the molecule is CC(C)c1noc([C@@H]2C[C@H](F)CN2)n1. The van der Waals surface area contributed by atoms with Gasteiger partial charge in [-0.15, -0.1) is 0 Å². The van der Waals surface area contributed by atoms with Crippen LogP contribution in [0.15, 0.2) is 4.52 Å². The maximum absolute atomic E-state index is 12.9. The van der Waals surface area contributed by atoms with Gasteiger partial charge in [-0.2, -0.15) is 4.98 Å². The Labute approximate surface area is 81.9 Å². The molecule has 4 nitrogen and oxygen atoms in total. The summed E-state index contributed by atoms with van der Waals surface area (Å²) in [5.41, 5.74) is 0. The van der Waals surface area contributed by atoms with Gasteiger partial charge < -0.3 is 9.84 Å². The summed E-state index contributed by atoms with van der Waals surface area (Å²) in [4.78, 5) is 4.22. The van der Waals surface area contributed by atoms with Crippen molar-refractivity contribution in [2.75, 3.05) is 6.54 Å². The Morgan fingerprint density at radius 3 is 2.86 bits per heavy atom. The third-order valence-corrected chi connectivity index (χ3v) is 2.35. The van der Waals surface area contributed by atoms with Crippen LogP contribution >= 0.6 is 0 Å². The number of hydrogen-bond donors (Lipinski definition) is 1. The molecule has 2 rings (SSSR count). The summed E-state index contributed by atoms with van der Waals surface area (Å²) in [6, 6.07) is -0.106. The second-order valence-electron chi connectivity index (χ2n) is 3.94. The van der Waals surface area contributed by atoms with Gasteiger partial charge in [-0.1, -0.05) is 19.0 Å². The Morgan fingerprint density at radius 1 is 1.57 bits per heavy atom. The van der Waals surface area contributed by atoms with E-state index in [4.69, 9.17) is 4.52 Å². The lowest BCUT2D eigenvalue weighted by atomic mass is 10.2. The summed E-state index contributed by atoms with van der Waals surface area (Å²) in [6.45, 7) is 4.37. The van der Waals surface area contributed by atoms with Crippen molar-refractivity contribution in [3.8, 4) is 0 Å². The molecular formula is C9H14FN3O. The van der Waals surface area contributed by atoms with Gasteiger partial charge >= 0.3 is 0 Å². The minimum absolute atomic E-state index is 0.106. The van der Waals surface area contributed by atoms with Gasteiger partial charge in [-0.05, 0) is 0 Å². The number of nitrogens with one attached hydrogen (secondary N) is 1. The van der Waals surface area contributed by atoms with Gasteiger partial charge in [0, 0.05) is 18.9 Å². The third kappa shape index (κ3) is 1.77. The van der Waals surface area contributed by atoms with E-state index in [9.17, 15) is 4.39 Å². The molecule has 0 radical (unpaired) electrons. The van der Waals surface area contributed by atoms with E-state index in [2.05, 4.69) is 15.5 Å². The Bertz CT molecular complexity index is 313. The molecule has 1 aromatic rings. The van der Waals surface area contributed by atoms with Crippen molar-refractivity contribution >= 4 is 0 Å². The fourth-order valence-corrected chi connectivity index (χ4v) is 1.50. The van der Waals surface area contributed by atoms with Gasteiger partial charge in [0.1, 0.15) is 6.17 Å². The highest BCUT2D eigenvalue weighted by atomic mass is 19.1. The highest BCUT2D eigenvalue weighted by Crippen LogP contribution is 2.24. The van der Waals surface area contributed by atoms with Crippen LogP contribution in [-0.2, 0) is 0 Å². The zero-order valence-electron chi connectivity index (χ0n) is 8.33. The second-order valence-corrected chi connectivity index (χ2v) is 3.94. The average Bonchev–Trinajstić information content (AvgIpc) is 2.70. The van der Waals surface area contributed by atoms with E-state index in [-0.39, 0.29) is 12.0 Å². The molecule has 1 aromatic heterocycles. The summed E-state index contributed by atoms with van der Waals surface area (Å²) in [6.07, 6.45) is -0.367. The molecule has 1 saturated heterocycles. The summed E-state index contributed by atoms with van der Waals surface area (Å²) < 4.78 is 17.9. The molecule has 0 bridgehead atoms. The monoisotopic (exact) mass is 199 g/mol. The molecule has 0 unspecified atom stereocenters. The van der Waals surface area contributed by atoms with Crippen molar-refractivity contribution in [1.82, 2.24) is 15.5 Å². The van der Waals surface area contributed by atoms with Crippen molar-refractivity contribution in [3.63, 3.8) is 0 Å². The first-order valence-corrected chi connectivity index (χ1v) is 4.87. The van der Waals surface area contributed by atoms with Gasteiger partial charge in [0.2, 0.25) is 5.89 Å². The quantitative estimate of drug-likeness (QED) is 0.785. The van der Waals surface area contributed by atoms with E-state index in [0.717, 1.165) is 0 Å². The molecule has 0 aromatic carbocycles. The van der Waals surface area contributed by atoms with Crippen LogP contribution in [0.3, 0.4) is 0 Å². The van der Waals surface area contributed by atoms with Gasteiger partial charge in [-0.25, -0.2) is 4.39 Å². The lowest BCUT2D eigenvalue weighted by molar-refractivity contribution is 0.322. The Kier molecular flexibility index (Phi) is 2.50. The second kappa shape index (κ2) is 3.65. The molecule has 14 heavy (non-hydrogen) atoms. The standard InChI is InChI=1S/C9H14FN3O/c1-5(2)8-12-9(14-13-8)7-3-6(10)4-11-7/h5-7,11H,3-4H2,1-2H3/t6-,7-/m0/s1. The molecule has 1 aliphatic heterocycles. The molecule has 0 amide bonds. The van der Waals surface area contributed by atoms with E-state index in [1.54, 1.807) is 0 Å². The molecular weight excluding hydrogens is 185 g/mol. The van der Waals surface area contributed by atoms with Crippen molar-refractivity contribution in [2.45, 2.75) is 38.4 Å².